The zero-order chi connectivity index (χ0) is 33.0. The molecule has 11 heteroatoms. The number of aliphatic hydroxyl groups is 1. The van der Waals surface area contributed by atoms with E-state index < -0.39 is 26.8 Å². The number of hydrogen-bond donors (Lipinski definition) is 2. The van der Waals surface area contributed by atoms with Gasteiger partial charge in [-0.05, 0) is 105 Å². The molecule has 8 nitrogen and oxygen atoms in total. The Hall–Kier alpha value is -2.92. The van der Waals surface area contributed by atoms with Gasteiger partial charge in [0.1, 0.15) is 5.75 Å². The van der Waals surface area contributed by atoms with Crippen LogP contribution < -0.4 is 14.4 Å². The van der Waals surface area contributed by atoms with E-state index in [1.165, 1.54) is 22.5 Å². The van der Waals surface area contributed by atoms with Crippen LogP contribution in [0.3, 0.4) is 0 Å². The van der Waals surface area contributed by atoms with Crippen molar-refractivity contribution in [2.24, 2.45) is 17.8 Å². The number of rotatable bonds is 2. The summed E-state index contributed by atoms with van der Waals surface area (Å²) in [5.74, 6) is -0.0988. The normalized spacial score (nSPS) is 32.6. The van der Waals surface area contributed by atoms with Gasteiger partial charge in [-0.3, -0.25) is 4.79 Å². The topological polar surface area (TPSA) is 109 Å². The van der Waals surface area contributed by atoms with Crippen LogP contribution in [0, 0.1) is 17.8 Å². The number of ether oxygens (including phenoxy) is 1. The van der Waals surface area contributed by atoms with Crippen molar-refractivity contribution in [1.82, 2.24) is 9.71 Å². The number of carbonyl (C=O) groups is 1. The van der Waals surface area contributed by atoms with Crippen molar-refractivity contribution in [3.8, 4) is 5.75 Å². The standard InChI is InChI=1S/C36H42ClN3O5S2/c1-23-5-3-14-36(42,19-33-38-15-16-46-33)30-10-7-27(30)20-40-21-35(13-4-6-25-17-28(37)9-11-29(25)35)22-45-32-12-8-26(18-31(32)40)34(41)39-47(43,44)24(23)2/h3,8-9,11-12,14-18,23-24,27,30,42H,4-7,10,13,19-22H2,1-2H3,(H,39,41)/b14-3+/t23-,24+,27-,30+,35-,36-/m0/s1. The molecule has 6 atom stereocenters. The molecule has 1 fully saturated rings. The number of hydrogen-bond acceptors (Lipinski definition) is 8. The fourth-order valence-electron chi connectivity index (χ4n) is 8.15. The van der Waals surface area contributed by atoms with Crippen molar-refractivity contribution in [2.45, 2.75) is 75.1 Å². The molecule has 1 amide bonds. The van der Waals surface area contributed by atoms with Gasteiger partial charge in [-0.1, -0.05) is 36.7 Å². The van der Waals surface area contributed by atoms with Crippen molar-refractivity contribution in [3.63, 3.8) is 0 Å². The molecule has 7 rings (SSSR count). The Labute approximate surface area is 286 Å². The maximum atomic E-state index is 13.5. The van der Waals surface area contributed by atoms with Gasteiger partial charge in [0.25, 0.3) is 5.91 Å². The second kappa shape index (κ2) is 12.5. The highest BCUT2D eigenvalue weighted by Gasteiger charge is 2.48. The van der Waals surface area contributed by atoms with Gasteiger partial charge < -0.3 is 14.7 Å². The third-order valence-electron chi connectivity index (χ3n) is 11.2. The van der Waals surface area contributed by atoms with Gasteiger partial charge in [0, 0.05) is 47.1 Å². The second-order valence-corrected chi connectivity index (χ2v) is 17.6. The molecule has 2 aliphatic carbocycles. The molecule has 250 valence electrons. The summed E-state index contributed by atoms with van der Waals surface area (Å²) in [6.45, 7) is 5.29. The van der Waals surface area contributed by atoms with Crippen LogP contribution in [0.4, 0.5) is 5.69 Å². The number of aromatic nitrogens is 1. The van der Waals surface area contributed by atoms with E-state index in [9.17, 15) is 18.3 Å². The van der Waals surface area contributed by atoms with E-state index in [-0.39, 0.29) is 28.7 Å². The molecule has 1 saturated carbocycles. The van der Waals surface area contributed by atoms with E-state index in [1.54, 1.807) is 31.3 Å². The highest BCUT2D eigenvalue weighted by atomic mass is 35.5. The molecule has 0 saturated heterocycles. The molecule has 3 heterocycles. The summed E-state index contributed by atoms with van der Waals surface area (Å²) < 4.78 is 35.7. The Balaban J connectivity index is 1.32. The molecule has 1 aromatic heterocycles. The van der Waals surface area contributed by atoms with Crippen LogP contribution in [0.5, 0.6) is 5.75 Å². The van der Waals surface area contributed by atoms with E-state index in [0.29, 0.717) is 38.3 Å². The predicted octanol–water partition coefficient (Wildman–Crippen LogP) is 6.31. The molecule has 2 bridgehead atoms. The minimum Gasteiger partial charge on any atom is -0.490 e. The number of aryl methyl sites for hydroxylation is 1. The van der Waals surface area contributed by atoms with E-state index in [1.807, 2.05) is 30.5 Å². The minimum absolute atomic E-state index is 0.0143. The molecule has 47 heavy (non-hydrogen) atoms. The largest absolute Gasteiger partial charge is 0.490 e. The molecule has 3 aromatic rings. The number of nitrogens with zero attached hydrogens (tertiary/aromatic N) is 2. The van der Waals surface area contributed by atoms with Crippen molar-refractivity contribution in [3.05, 3.63) is 86.8 Å². The first-order chi connectivity index (χ1) is 22.5. The number of nitrogens with one attached hydrogen (secondary N) is 1. The molecule has 2 aliphatic heterocycles. The smallest absolute Gasteiger partial charge is 0.264 e. The van der Waals surface area contributed by atoms with Gasteiger partial charge >= 0.3 is 0 Å². The maximum absolute atomic E-state index is 13.5. The molecule has 1 spiro atoms. The third kappa shape index (κ3) is 6.22. The average Bonchev–Trinajstić information content (AvgIpc) is 3.47. The van der Waals surface area contributed by atoms with Crippen LogP contribution in [-0.4, -0.2) is 55.0 Å². The molecule has 0 radical (unpaired) electrons. The first kappa shape index (κ1) is 32.6. The first-order valence-electron chi connectivity index (χ1n) is 16.6. The Morgan fingerprint density at radius 1 is 1.19 bits per heavy atom. The van der Waals surface area contributed by atoms with Gasteiger partial charge in [-0.15, -0.1) is 11.3 Å². The molecule has 2 N–H and O–H groups in total. The number of sulfonamides is 1. The summed E-state index contributed by atoms with van der Waals surface area (Å²) in [5.41, 5.74) is 2.09. The average molecular weight is 696 g/mol. The fraction of sp³-hybridized carbons (Fsp3) is 0.500. The maximum Gasteiger partial charge on any atom is 0.264 e. The number of amides is 1. The fourth-order valence-corrected chi connectivity index (χ4v) is 10.3. The van der Waals surface area contributed by atoms with E-state index in [0.717, 1.165) is 47.8 Å². The van der Waals surface area contributed by atoms with Gasteiger partial charge in [-0.2, -0.15) is 0 Å². The Morgan fingerprint density at radius 2 is 2.04 bits per heavy atom. The molecular formula is C36H42ClN3O5S2. The molecule has 2 aromatic carbocycles. The Kier molecular flexibility index (Phi) is 8.68. The zero-order valence-corrected chi connectivity index (χ0v) is 29.2. The van der Waals surface area contributed by atoms with Crippen LogP contribution >= 0.6 is 22.9 Å². The van der Waals surface area contributed by atoms with Crippen molar-refractivity contribution < 1.29 is 23.1 Å². The van der Waals surface area contributed by atoms with Gasteiger partial charge in [0.2, 0.25) is 10.0 Å². The van der Waals surface area contributed by atoms with Crippen molar-refractivity contribution in [1.29, 1.82) is 0 Å². The Morgan fingerprint density at radius 3 is 2.81 bits per heavy atom. The number of allylic oxidation sites excluding steroid dienone is 1. The lowest BCUT2D eigenvalue weighted by molar-refractivity contribution is -0.0447. The summed E-state index contributed by atoms with van der Waals surface area (Å²) in [5, 5.41) is 15.1. The highest BCUT2D eigenvalue weighted by Crippen LogP contribution is 2.49. The predicted molar refractivity (Wildman–Crippen MR) is 186 cm³/mol. The molecule has 4 aliphatic rings. The number of thiazole rings is 1. The molecule has 0 unspecified atom stereocenters. The number of carbonyl (C=O) groups excluding carboxylic acids is 1. The van der Waals surface area contributed by atoms with Crippen molar-refractivity contribution >= 4 is 44.6 Å². The Bertz CT molecular complexity index is 1800. The summed E-state index contributed by atoms with van der Waals surface area (Å²) >= 11 is 7.98. The minimum atomic E-state index is -3.97. The first-order valence-corrected chi connectivity index (χ1v) is 19.4. The van der Waals surface area contributed by atoms with Crippen LogP contribution in [-0.2, 0) is 28.3 Å². The van der Waals surface area contributed by atoms with E-state index >= 15 is 0 Å². The number of anilines is 1. The second-order valence-electron chi connectivity index (χ2n) is 14.1. The number of benzene rings is 2. The van der Waals surface area contributed by atoms with Crippen LogP contribution in [0.15, 0.2) is 60.1 Å². The van der Waals surface area contributed by atoms with Crippen LogP contribution in [0.1, 0.15) is 72.4 Å². The lowest BCUT2D eigenvalue weighted by Crippen LogP contribution is -2.53. The van der Waals surface area contributed by atoms with Gasteiger partial charge in [0.15, 0.2) is 0 Å². The summed E-state index contributed by atoms with van der Waals surface area (Å²) in [7, 11) is -3.97. The highest BCUT2D eigenvalue weighted by molar-refractivity contribution is 7.90. The lowest BCUT2D eigenvalue weighted by Gasteiger charge is -2.49. The third-order valence-corrected chi connectivity index (χ3v) is 14.1. The van der Waals surface area contributed by atoms with Crippen molar-refractivity contribution in [2.75, 3.05) is 24.6 Å². The summed E-state index contributed by atoms with van der Waals surface area (Å²) in [6.07, 6.45) is 11.2. The summed E-state index contributed by atoms with van der Waals surface area (Å²) in [6, 6.07) is 11.4. The van der Waals surface area contributed by atoms with Gasteiger partial charge in [0.05, 0.1) is 28.2 Å². The van der Waals surface area contributed by atoms with Crippen LogP contribution in [0.2, 0.25) is 5.02 Å². The SMILES string of the molecule is C[C@@H]1[C@@H](C)C/C=C/[C@](O)(Cc2nccs2)[C@@H]2CC[C@H]2CN2C[C@@]3(CCCc4cc(Cl)ccc43)COc3ccc(cc32)C(=O)NS1(=O)=O. The van der Waals surface area contributed by atoms with E-state index in [4.69, 9.17) is 16.3 Å². The monoisotopic (exact) mass is 695 g/mol. The van der Waals surface area contributed by atoms with E-state index in [2.05, 4.69) is 26.7 Å². The lowest BCUT2D eigenvalue weighted by atomic mass is 9.63. The number of fused-ring (bicyclic) bond motifs is 4. The van der Waals surface area contributed by atoms with Crippen LogP contribution in [0.25, 0.3) is 0 Å². The number of halogens is 1. The quantitative estimate of drug-likeness (QED) is 0.303. The zero-order valence-electron chi connectivity index (χ0n) is 26.8. The van der Waals surface area contributed by atoms with Gasteiger partial charge in [-0.25, -0.2) is 18.1 Å². The summed E-state index contributed by atoms with van der Waals surface area (Å²) in [4.78, 5) is 20.3. The molecular weight excluding hydrogens is 654 g/mol.